The predicted octanol–water partition coefficient (Wildman–Crippen LogP) is 6.04. The number of methoxy groups -OCH3 is 2. The van der Waals surface area contributed by atoms with Gasteiger partial charge in [0.15, 0.2) is 11.5 Å². The monoisotopic (exact) mass is 500 g/mol. The second-order valence-electron chi connectivity index (χ2n) is 8.02. The highest BCUT2D eigenvalue weighted by Crippen LogP contribution is 2.40. The highest BCUT2D eigenvalue weighted by Gasteiger charge is 2.17. The van der Waals surface area contributed by atoms with Crippen molar-refractivity contribution in [2.24, 2.45) is 0 Å². The lowest BCUT2D eigenvalue weighted by Gasteiger charge is -2.26. The fourth-order valence-electron chi connectivity index (χ4n) is 4.08. The van der Waals surface area contributed by atoms with Gasteiger partial charge in [-0.1, -0.05) is 29.6 Å². The first kappa shape index (κ1) is 24.2. The summed E-state index contributed by atoms with van der Waals surface area (Å²) in [6.07, 6.45) is 5.31. The molecule has 1 N–H and O–H groups in total. The lowest BCUT2D eigenvalue weighted by atomic mass is 10.1. The van der Waals surface area contributed by atoms with Gasteiger partial charge in [-0.15, -0.1) is 0 Å². The van der Waals surface area contributed by atoms with E-state index in [1.807, 2.05) is 12.1 Å². The zero-order valence-electron chi connectivity index (χ0n) is 19.2. The predicted molar refractivity (Wildman–Crippen MR) is 135 cm³/mol. The maximum atomic E-state index is 9.72. The maximum absolute atomic E-state index is 9.72. The Morgan fingerprint density at radius 3 is 2.47 bits per heavy atom. The Bertz CT molecular complexity index is 1220. The number of nitriles is 1. The number of anilines is 2. The molecule has 4 rings (SSSR count). The Balaban J connectivity index is 1.66. The van der Waals surface area contributed by atoms with Crippen LogP contribution in [0.5, 0.6) is 17.2 Å². The van der Waals surface area contributed by atoms with Gasteiger partial charge in [-0.25, -0.2) is 0 Å². The molecule has 1 aromatic heterocycles. The molecule has 0 aliphatic carbocycles. The Morgan fingerprint density at radius 1 is 1.00 bits per heavy atom. The van der Waals surface area contributed by atoms with Crippen LogP contribution in [0.3, 0.4) is 0 Å². The van der Waals surface area contributed by atoms with E-state index in [-0.39, 0.29) is 0 Å². The van der Waals surface area contributed by atoms with Gasteiger partial charge in [0, 0.05) is 30.3 Å². The molecule has 178 valence electrons. The van der Waals surface area contributed by atoms with Crippen LogP contribution < -0.4 is 19.5 Å². The molecule has 1 fully saturated rings. The number of fused-ring (bicyclic) bond motifs is 1. The number of rotatable bonds is 8. The third kappa shape index (κ3) is 5.25. The molecule has 0 unspecified atom stereocenters. The second-order valence-corrected chi connectivity index (χ2v) is 8.84. The Morgan fingerprint density at radius 2 is 1.76 bits per heavy atom. The summed E-state index contributed by atoms with van der Waals surface area (Å²) in [6.45, 7) is 3.66. The molecule has 0 bridgehead atoms. The fraction of sp³-hybridized carbons (Fsp3) is 0.360. The van der Waals surface area contributed by atoms with Gasteiger partial charge in [0.25, 0.3) is 0 Å². The first-order chi connectivity index (χ1) is 16.5. The van der Waals surface area contributed by atoms with E-state index in [9.17, 15) is 5.26 Å². The average molecular weight is 501 g/mol. The first-order valence-electron chi connectivity index (χ1n) is 11.1. The molecule has 0 radical (unpaired) electrons. The molecule has 9 heteroatoms. The number of nitrogens with zero attached hydrogens (tertiary/aromatic N) is 3. The fourth-order valence-corrected chi connectivity index (χ4v) is 4.58. The van der Waals surface area contributed by atoms with Crippen molar-refractivity contribution < 1.29 is 14.2 Å². The molecule has 7 nitrogen and oxygen atoms in total. The van der Waals surface area contributed by atoms with Crippen molar-refractivity contribution in [1.29, 1.82) is 5.26 Å². The van der Waals surface area contributed by atoms with Crippen LogP contribution >= 0.6 is 23.2 Å². The molecule has 2 heterocycles. The lowest BCUT2D eigenvalue weighted by Crippen LogP contribution is -2.33. The quantitative estimate of drug-likeness (QED) is 0.403. The van der Waals surface area contributed by atoms with E-state index in [2.05, 4.69) is 21.3 Å². The zero-order chi connectivity index (χ0) is 24.1. The number of benzene rings is 2. The normalized spacial score (nSPS) is 14.0. The van der Waals surface area contributed by atoms with Crippen molar-refractivity contribution in [1.82, 2.24) is 9.88 Å². The van der Waals surface area contributed by atoms with E-state index >= 15 is 0 Å². The summed E-state index contributed by atoms with van der Waals surface area (Å²) < 4.78 is 17.0. The van der Waals surface area contributed by atoms with E-state index in [0.29, 0.717) is 61.7 Å². The molecule has 0 atom stereocenters. The molecule has 2 aromatic carbocycles. The van der Waals surface area contributed by atoms with Crippen LogP contribution in [0.4, 0.5) is 11.4 Å². The number of halogens is 2. The van der Waals surface area contributed by atoms with Crippen molar-refractivity contribution in [3.05, 3.63) is 46.1 Å². The second kappa shape index (κ2) is 11.0. The van der Waals surface area contributed by atoms with E-state index in [0.717, 1.165) is 19.6 Å². The van der Waals surface area contributed by atoms with Crippen molar-refractivity contribution in [2.45, 2.75) is 19.3 Å². The minimum atomic E-state index is 0.360. The zero-order valence-corrected chi connectivity index (χ0v) is 20.7. The van der Waals surface area contributed by atoms with Crippen LogP contribution in [0.2, 0.25) is 10.0 Å². The van der Waals surface area contributed by atoms with Crippen LogP contribution in [-0.2, 0) is 0 Å². The summed E-state index contributed by atoms with van der Waals surface area (Å²) in [5, 5.41) is 14.5. The molecular weight excluding hydrogens is 475 g/mol. The minimum absolute atomic E-state index is 0.360. The van der Waals surface area contributed by atoms with Crippen LogP contribution in [0, 0.1) is 11.3 Å². The molecule has 0 spiro atoms. The number of aromatic nitrogens is 1. The van der Waals surface area contributed by atoms with Gasteiger partial charge in [0.05, 0.1) is 46.7 Å². The Labute approximate surface area is 209 Å². The summed E-state index contributed by atoms with van der Waals surface area (Å²) in [7, 11) is 3.12. The molecule has 0 saturated carbocycles. The third-order valence-electron chi connectivity index (χ3n) is 5.89. The summed E-state index contributed by atoms with van der Waals surface area (Å²) >= 11 is 12.6. The molecule has 3 aromatic rings. The number of likely N-dealkylation sites (tertiary alicyclic amines) is 1. The molecule has 1 aliphatic rings. The molecule has 34 heavy (non-hydrogen) atoms. The largest absolute Gasteiger partial charge is 0.495 e. The minimum Gasteiger partial charge on any atom is -0.495 e. The molecule has 1 aliphatic heterocycles. The van der Waals surface area contributed by atoms with Gasteiger partial charge in [0.1, 0.15) is 18.4 Å². The summed E-state index contributed by atoms with van der Waals surface area (Å²) in [6, 6.07) is 9.12. The summed E-state index contributed by atoms with van der Waals surface area (Å²) in [5.41, 5.74) is 2.12. The number of pyridine rings is 1. The highest BCUT2D eigenvalue weighted by molar-refractivity contribution is 6.37. The van der Waals surface area contributed by atoms with Crippen molar-refractivity contribution in [3.8, 4) is 23.3 Å². The number of hydrogen-bond acceptors (Lipinski definition) is 7. The van der Waals surface area contributed by atoms with Gasteiger partial charge in [-0.05, 0) is 38.1 Å². The smallest absolute Gasteiger partial charge is 0.163 e. The van der Waals surface area contributed by atoms with Crippen LogP contribution in [0.25, 0.3) is 10.9 Å². The summed E-state index contributed by atoms with van der Waals surface area (Å²) in [5.74, 6) is 1.64. The number of nitrogens with one attached hydrogen (secondary N) is 1. The Hall–Kier alpha value is -2.92. The average Bonchev–Trinajstić information content (AvgIpc) is 2.86. The topological polar surface area (TPSA) is 79.6 Å². The van der Waals surface area contributed by atoms with Crippen LogP contribution in [0.15, 0.2) is 30.5 Å². The van der Waals surface area contributed by atoms with E-state index < -0.39 is 0 Å². The third-order valence-corrected chi connectivity index (χ3v) is 6.50. The van der Waals surface area contributed by atoms with Crippen molar-refractivity contribution in [2.75, 3.05) is 45.8 Å². The van der Waals surface area contributed by atoms with E-state index in [1.54, 1.807) is 19.2 Å². The van der Waals surface area contributed by atoms with Crippen molar-refractivity contribution in [3.63, 3.8) is 0 Å². The SMILES string of the molecule is COc1cc(Nc2c(C#N)cnc3cc(OCCN4CCCCC4)c(OC)cc23)c(Cl)cc1Cl. The van der Waals surface area contributed by atoms with Gasteiger partial charge in [-0.2, -0.15) is 5.26 Å². The van der Waals surface area contributed by atoms with Crippen LogP contribution in [0.1, 0.15) is 24.8 Å². The number of ether oxygens (including phenoxy) is 3. The van der Waals surface area contributed by atoms with E-state index in [1.165, 1.54) is 32.6 Å². The Kier molecular flexibility index (Phi) is 7.84. The molecular formula is C25H26Cl2N4O3. The first-order valence-corrected chi connectivity index (χ1v) is 11.9. The lowest BCUT2D eigenvalue weighted by molar-refractivity contribution is 0.181. The van der Waals surface area contributed by atoms with Gasteiger partial charge in [-0.3, -0.25) is 9.88 Å². The molecule has 1 saturated heterocycles. The highest BCUT2D eigenvalue weighted by atomic mass is 35.5. The van der Waals surface area contributed by atoms with Gasteiger partial charge < -0.3 is 19.5 Å². The van der Waals surface area contributed by atoms with Crippen LogP contribution in [-0.4, -0.2) is 50.3 Å². The standard InChI is InChI=1S/C25H26Cl2N4O3/c1-32-22-13-21(18(26)11-19(22)27)30-25-16(14-28)15-29-20-12-24(23(33-2)10-17(20)25)34-9-8-31-6-4-3-5-7-31/h10-13,15H,3-9H2,1-2H3,(H,29,30). The maximum Gasteiger partial charge on any atom is 0.163 e. The summed E-state index contributed by atoms with van der Waals surface area (Å²) in [4.78, 5) is 6.89. The van der Waals surface area contributed by atoms with E-state index in [4.69, 9.17) is 37.4 Å². The molecule has 0 amide bonds. The van der Waals surface area contributed by atoms with Gasteiger partial charge in [0.2, 0.25) is 0 Å². The number of hydrogen-bond donors (Lipinski definition) is 1. The number of piperidine rings is 1. The van der Waals surface area contributed by atoms with Crippen molar-refractivity contribution >= 4 is 45.5 Å². The van der Waals surface area contributed by atoms with Gasteiger partial charge >= 0.3 is 0 Å².